The number of hydrogen-bond donors (Lipinski definition) is 1. The normalized spacial score (nSPS) is 12.7. The topological polar surface area (TPSA) is 74.7 Å². The molecule has 0 spiro atoms. The number of likely N-dealkylation sites (N-methyl/N-ethyl adjacent to an activating group) is 1. The Bertz CT molecular complexity index is 676. The first-order chi connectivity index (χ1) is 9.42. The van der Waals surface area contributed by atoms with Gasteiger partial charge in [-0.2, -0.15) is 13.1 Å². The summed E-state index contributed by atoms with van der Waals surface area (Å²) in [4.78, 5) is 10.4. The van der Waals surface area contributed by atoms with Crippen LogP contribution in [0.2, 0.25) is 0 Å². The van der Waals surface area contributed by atoms with E-state index in [0.717, 1.165) is 0 Å². The van der Waals surface area contributed by atoms with Gasteiger partial charge in [0.1, 0.15) is 6.54 Å². The summed E-state index contributed by atoms with van der Waals surface area (Å²) >= 11 is 0. The van der Waals surface area contributed by atoms with Gasteiger partial charge in [0.05, 0.1) is 5.56 Å². The second-order valence-electron chi connectivity index (χ2n) is 3.89. The average molecular weight is 333 g/mol. The van der Waals surface area contributed by atoms with Crippen molar-refractivity contribution in [2.75, 3.05) is 13.6 Å². The molecule has 1 N–H and O–H groups in total. The highest BCUT2D eigenvalue weighted by Gasteiger charge is 2.52. The van der Waals surface area contributed by atoms with Crippen LogP contribution in [0.15, 0.2) is 12.1 Å². The minimum atomic E-state index is -5.65. The van der Waals surface area contributed by atoms with E-state index >= 15 is 0 Å². The number of aliphatic carboxylic acids is 1. The Labute approximate surface area is 115 Å². The van der Waals surface area contributed by atoms with Crippen LogP contribution in [-0.4, -0.2) is 37.4 Å². The van der Waals surface area contributed by atoms with Crippen molar-refractivity contribution in [3.63, 3.8) is 0 Å². The largest absolute Gasteiger partial charge is 0.480 e. The molecular formula is C10H8F5NO4S. The van der Waals surface area contributed by atoms with E-state index in [9.17, 15) is 35.2 Å². The first kappa shape index (κ1) is 17.3. The number of carboxylic acid groups (broad SMARTS) is 1. The Morgan fingerprint density at radius 2 is 1.76 bits per heavy atom. The summed E-state index contributed by atoms with van der Waals surface area (Å²) < 4.78 is 89.5. The summed E-state index contributed by atoms with van der Waals surface area (Å²) in [6.07, 6.45) is 0. The van der Waals surface area contributed by atoms with Crippen LogP contribution >= 0.6 is 0 Å². The van der Waals surface area contributed by atoms with E-state index in [1.807, 2.05) is 0 Å². The number of carbonyl (C=O) groups is 1. The van der Waals surface area contributed by atoms with E-state index < -0.39 is 50.8 Å². The standard InChI is InChI=1S/C10H8F5NO4S/c1-16(4-7(17)18)21(19,20)10(14,15)5-2-3-6(11)9(13)8(5)12/h2-3H,4H2,1H3,(H,17,18). The predicted octanol–water partition coefficient (Wildman–Crippen LogP) is 1.50. The molecule has 5 nitrogen and oxygen atoms in total. The number of nitrogens with zero attached hydrogens (tertiary/aromatic N) is 1. The quantitative estimate of drug-likeness (QED) is 0.655. The maximum Gasteiger partial charge on any atom is 0.387 e. The molecule has 0 amide bonds. The third-order valence-corrected chi connectivity index (χ3v) is 4.26. The molecule has 0 aliphatic rings. The lowest BCUT2D eigenvalue weighted by atomic mass is 10.2. The van der Waals surface area contributed by atoms with Gasteiger partial charge in [-0.05, 0) is 12.1 Å². The number of carboxylic acids is 1. The number of halogens is 5. The lowest BCUT2D eigenvalue weighted by Gasteiger charge is -2.23. The molecule has 11 heteroatoms. The van der Waals surface area contributed by atoms with Gasteiger partial charge >= 0.3 is 11.2 Å². The van der Waals surface area contributed by atoms with E-state index in [4.69, 9.17) is 5.11 Å². The minimum absolute atomic E-state index is 0.0693. The first-order valence-corrected chi connectivity index (χ1v) is 6.56. The van der Waals surface area contributed by atoms with Crippen LogP contribution in [-0.2, 0) is 20.1 Å². The van der Waals surface area contributed by atoms with Crippen molar-refractivity contribution in [1.29, 1.82) is 0 Å². The number of rotatable bonds is 5. The SMILES string of the molecule is CN(CC(=O)O)S(=O)(=O)C(F)(F)c1ccc(F)c(F)c1F. The molecule has 21 heavy (non-hydrogen) atoms. The summed E-state index contributed by atoms with van der Waals surface area (Å²) in [5.41, 5.74) is -1.92. The smallest absolute Gasteiger partial charge is 0.387 e. The molecule has 0 unspecified atom stereocenters. The highest BCUT2D eigenvalue weighted by Crippen LogP contribution is 2.38. The summed E-state index contributed by atoms with van der Waals surface area (Å²) in [6, 6.07) is 0.203. The van der Waals surface area contributed by atoms with Gasteiger partial charge in [0.15, 0.2) is 17.5 Å². The Kier molecular flexibility index (Phi) is 4.58. The zero-order valence-electron chi connectivity index (χ0n) is 10.3. The lowest BCUT2D eigenvalue weighted by molar-refractivity contribution is -0.137. The molecular weight excluding hydrogens is 325 g/mol. The molecule has 1 aromatic rings. The molecule has 0 aliphatic carbocycles. The molecule has 0 bridgehead atoms. The van der Waals surface area contributed by atoms with Gasteiger partial charge in [-0.15, -0.1) is 0 Å². The highest BCUT2D eigenvalue weighted by atomic mass is 32.2. The summed E-state index contributed by atoms with van der Waals surface area (Å²) in [5.74, 6) is -8.14. The third kappa shape index (κ3) is 2.97. The van der Waals surface area contributed by atoms with E-state index in [2.05, 4.69) is 0 Å². The molecule has 0 saturated heterocycles. The maximum atomic E-state index is 13.9. The van der Waals surface area contributed by atoms with Crippen molar-refractivity contribution >= 4 is 16.0 Å². The van der Waals surface area contributed by atoms with Gasteiger partial charge in [0, 0.05) is 7.05 Å². The second-order valence-corrected chi connectivity index (χ2v) is 5.98. The van der Waals surface area contributed by atoms with Crippen LogP contribution in [0.1, 0.15) is 5.56 Å². The summed E-state index contributed by atoms with van der Waals surface area (Å²) in [5, 5.41) is 3.41. The van der Waals surface area contributed by atoms with E-state index in [1.54, 1.807) is 0 Å². The second kappa shape index (κ2) is 5.56. The Morgan fingerprint density at radius 3 is 2.24 bits per heavy atom. The van der Waals surface area contributed by atoms with Crippen molar-refractivity contribution < 1.29 is 40.3 Å². The molecule has 0 saturated carbocycles. The lowest BCUT2D eigenvalue weighted by Crippen LogP contribution is -2.42. The van der Waals surface area contributed by atoms with Gasteiger partial charge in [-0.3, -0.25) is 4.79 Å². The third-order valence-electron chi connectivity index (χ3n) is 2.44. The van der Waals surface area contributed by atoms with Gasteiger partial charge in [0.25, 0.3) is 10.0 Å². The Morgan fingerprint density at radius 1 is 1.24 bits per heavy atom. The molecule has 1 rings (SSSR count). The molecule has 0 aromatic heterocycles. The Hall–Kier alpha value is -1.75. The molecule has 0 fully saturated rings. The van der Waals surface area contributed by atoms with Gasteiger partial charge in [0.2, 0.25) is 0 Å². The fourth-order valence-corrected chi connectivity index (χ4v) is 2.47. The number of alkyl halides is 2. The zero-order valence-corrected chi connectivity index (χ0v) is 11.1. The monoisotopic (exact) mass is 333 g/mol. The highest BCUT2D eigenvalue weighted by molar-refractivity contribution is 7.89. The minimum Gasteiger partial charge on any atom is -0.480 e. The van der Waals surface area contributed by atoms with E-state index in [0.29, 0.717) is 7.05 Å². The first-order valence-electron chi connectivity index (χ1n) is 5.12. The van der Waals surface area contributed by atoms with Crippen LogP contribution in [0, 0.1) is 17.5 Å². The van der Waals surface area contributed by atoms with Crippen LogP contribution in [0.25, 0.3) is 0 Å². The summed E-state index contributed by atoms with van der Waals surface area (Å²) in [6.45, 7) is -1.32. The van der Waals surface area contributed by atoms with Crippen LogP contribution in [0.5, 0.6) is 0 Å². The van der Waals surface area contributed by atoms with Gasteiger partial charge < -0.3 is 5.11 Å². The number of hydrogen-bond acceptors (Lipinski definition) is 3. The van der Waals surface area contributed by atoms with Crippen molar-refractivity contribution in [2.45, 2.75) is 5.25 Å². The fraction of sp³-hybridized carbons (Fsp3) is 0.300. The maximum absolute atomic E-state index is 13.9. The van der Waals surface area contributed by atoms with Gasteiger partial charge in [-0.25, -0.2) is 21.6 Å². The van der Waals surface area contributed by atoms with Crippen molar-refractivity contribution in [3.05, 3.63) is 35.1 Å². The number of sulfonamides is 1. The molecule has 1 aromatic carbocycles. The van der Waals surface area contributed by atoms with E-state index in [1.165, 1.54) is 0 Å². The summed E-state index contributed by atoms with van der Waals surface area (Å²) in [7, 11) is -5.13. The van der Waals surface area contributed by atoms with Crippen LogP contribution in [0.3, 0.4) is 0 Å². The van der Waals surface area contributed by atoms with Crippen molar-refractivity contribution in [3.8, 4) is 0 Å². The average Bonchev–Trinajstić information content (AvgIpc) is 2.34. The molecule has 0 atom stereocenters. The molecule has 118 valence electrons. The van der Waals surface area contributed by atoms with Crippen LogP contribution in [0.4, 0.5) is 22.0 Å². The van der Waals surface area contributed by atoms with Gasteiger partial charge in [-0.1, -0.05) is 0 Å². The van der Waals surface area contributed by atoms with Crippen LogP contribution < -0.4 is 0 Å². The molecule has 0 heterocycles. The molecule has 0 radical (unpaired) electrons. The van der Waals surface area contributed by atoms with Crippen molar-refractivity contribution in [1.82, 2.24) is 4.31 Å². The zero-order chi connectivity index (χ0) is 16.6. The predicted molar refractivity (Wildman–Crippen MR) is 59.4 cm³/mol. The van der Waals surface area contributed by atoms with Crippen molar-refractivity contribution in [2.24, 2.45) is 0 Å². The Balaban J connectivity index is 3.40. The molecule has 0 aliphatic heterocycles. The fourth-order valence-electron chi connectivity index (χ4n) is 1.36. The van der Waals surface area contributed by atoms with E-state index in [-0.39, 0.29) is 16.4 Å². The number of benzene rings is 1.